The molecule has 2 bridgehead atoms. The molecule has 1 aromatic heterocycles. The Kier molecular flexibility index (Phi) is 6.41. The normalized spacial score (nSPS) is 24.2. The van der Waals surface area contributed by atoms with Crippen molar-refractivity contribution in [2.24, 2.45) is 16.7 Å². The van der Waals surface area contributed by atoms with Gasteiger partial charge in [-0.3, -0.25) is 9.59 Å². The number of carbonyl (C=O) groups excluding carboxylic acids is 2. The van der Waals surface area contributed by atoms with E-state index in [2.05, 4.69) is 48.4 Å². The molecule has 0 radical (unpaired) electrons. The van der Waals surface area contributed by atoms with Crippen molar-refractivity contribution in [3.8, 4) is 5.75 Å². The highest BCUT2D eigenvalue weighted by Crippen LogP contribution is 2.66. The number of methoxy groups -OCH3 is 1. The highest BCUT2D eigenvalue weighted by molar-refractivity contribution is 8.00. The number of aromatic nitrogens is 3. The van der Waals surface area contributed by atoms with Crippen LogP contribution in [0.4, 0.5) is 0 Å². The van der Waals surface area contributed by atoms with Crippen molar-refractivity contribution >= 4 is 23.5 Å². The minimum Gasteiger partial charge on any atom is -0.497 e. The summed E-state index contributed by atoms with van der Waals surface area (Å²) in [7, 11) is 1.59. The van der Waals surface area contributed by atoms with Gasteiger partial charge in [-0.25, -0.2) is 0 Å². The van der Waals surface area contributed by atoms with Crippen molar-refractivity contribution in [3.63, 3.8) is 0 Å². The van der Waals surface area contributed by atoms with Gasteiger partial charge in [0.15, 0.2) is 16.8 Å². The van der Waals surface area contributed by atoms with Gasteiger partial charge in [0.05, 0.1) is 25.4 Å². The van der Waals surface area contributed by atoms with Gasteiger partial charge in [0.2, 0.25) is 0 Å². The monoisotopic (exact) mass is 504 g/mol. The predicted octanol–water partition coefficient (Wildman–Crippen LogP) is 4.75. The highest BCUT2D eigenvalue weighted by atomic mass is 32.2. The molecular weight excluding hydrogens is 472 g/mol. The van der Waals surface area contributed by atoms with E-state index in [1.54, 1.807) is 31.4 Å². The first kappa shape index (κ1) is 24.6. The van der Waals surface area contributed by atoms with E-state index in [-0.39, 0.29) is 28.5 Å². The summed E-state index contributed by atoms with van der Waals surface area (Å²) in [5, 5.41) is 12.5. The van der Waals surface area contributed by atoms with Crippen molar-refractivity contribution < 1.29 is 14.3 Å². The van der Waals surface area contributed by atoms with E-state index in [1.807, 2.05) is 22.8 Å². The Bertz CT molecular complexity index is 1270. The molecule has 1 heterocycles. The van der Waals surface area contributed by atoms with Crippen molar-refractivity contribution in [2.75, 3.05) is 7.11 Å². The van der Waals surface area contributed by atoms with Gasteiger partial charge in [-0.05, 0) is 54.0 Å². The molecule has 188 valence electrons. The molecule has 0 spiro atoms. The Balaban J connectivity index is 1.38. The number of rotatable bonds is 8. The molecular formula is C28H32N4O3S. The zero-order valence-electron chi connectivity index (χ0n) is 21.2. The number of nitrogens with zero attached hydrogens (tertiary/aromatic N) is 3. The summed E-state index contributed by atoms with van der Waals surface area (Å²) >= 11 is 1.54. The van der Waals surface area contributed by atoms with Gasteiger partial charge < -0.3 is 14.6 Å². The van der Waals surface area contributed by atoms with E-state index >= 15 is 0 Å². The molecule has 3 unspecified atom stereocenters. The summed E-state index contributed by atoms with van der Waals surface area (Å²) in [6.07, 6.45) is 2.02. The van der Waals surface area contributed by atoms with Crippen LogP contribution in [0.2, 0.25) is 0 Å². The zero-order chi connectivity index (χ0) is 25.5. The number of amides is 1. The fraction of sp³-hybridized carbons (Fsp3) is 0.429. The Hall–Kier alpha value is -3.13. The number of Topliss-reactive ketones (excluding diaryl/α,β-unsaturated/α-hetero) is 1. The molecule has 0 saturated heterocycles. The van der Waals surface area contributed by atoms with Gasteiger partial charge in [-0.15, -0.1) is 10.2 Å². The third kappa shape index (κ3) is 4.11. The van der Waals surface area contributed by atoms with Crippen molar-refractivity contribution in [1.29, 1.82) is 0 Å². The van der Waals surface area contributed by atoms with Gasteiger partial charge in [0, 0.05) is 11.0 Å². The van der Waals surface area contributed by atoms with Crippen molar-refractivity contribution in [3.05, 3.63) is 71.5 Å². The van der Waals surface area contributed by atoms with Gasteiger partial charge in [-0.1, -0.05) is 62.9 Å². The summed E-state index contributed by atoms with van der Waals surface area (Å²) in [6, 6.07) is 17.1. The topological polar surface area (TPSA) is 86.1 Å². The zero-order valence-corrected chi connectivity index (χ0v) is 22.0. The van der Waals surface area contributed by atoms with Crippen LogP contribution in [0.3, 0.4) is 0 Å². The summed E-state index contributed by atoms with van der Waals surface area (Å²) in [5.74, 6) is 1.81. The molecule has 2 aliphatic carbocycles. The van der Waals surface area contributed by atoms with Crippen LogP contribution in [0.25, 0.3) is 0 Å². The van der Waals surface area contributed by atoms with E-state index in [9.17, 15) is 9.59 Å². The summed E-state index contributed by atoms with van der Waals surface area (Å²) in [6.45, 7) is 7.40. The van der Waals surface area contributed by atoms with Crippen LogP contribution < -0.4 is 10.1 Å². The molecule has 1 amide bonds. The van der Waals surface area contributed by atoms with Crippen LogP contribution in [-0.2, 0) is 17.9 Å². The molecule has 1 N–H and O–H groups in total. The van der Waals surface area contributed by atoms with E-state index < -0.39 is 0 Å². The lowest BCUT2D eigenvalue weighted by Crippen LogP contribution is -2.34. The van der Waals surface area contributed by atoms with Crippen molar-refractivity contribution in [2.45, 2.75) is 57.1 Å². The SMILES string of the molecule is COc1ccc(C(=O)NCc2nnc(SC3C(=O)C4(C)CCC3C4(C)C)n2Cc2ccccc2)cc1. The molecule has 36 heavy (non-hydrogen) atoms. The lowest BCUT2D eigenvalue weighted by atomic mass is 9.70. The van der Waals surface area contributed by atoms with Gasteiger partial charge in [-0.2, -0.15) is 0 Å². The van der Waals surface area contributed by atoms with Crippen LogP contribution in [0, 0.1) is 16.7 Å². The van der Waals surface area contributed by atoms with E-state index in [0.717, 1.165) is 23.6 Å². The van der Waals surface area contributed by atoms with E-state index in [4.69, 9.17) is 4.74 Å². The fourth-order valence-corrected chi connectivity index (χ4v) is 7.34. The maximum absolute atomic E-state index is 13.5. The van der Waals surface area contributed by atoms with Gasteiger partial charge in [0.1, 0.15) is 5.75 Å². The molecule has 3 aromatic rings. The number of ketones is 1. The number of benzene rings is 2. The fourth-order valence-electron chi connectivity index (χ4n) is 5.72. The van der Waals surface area contributed by atoms with Crippen molar-refractivity contribution in [1.82, 2.24) is 20.1 Å². The average molecular weight is 505 g/mol. The van der Waals surface area contributed by atoms with Gasteiger partial charge >= 0.3 is 0 Å². The Labute approximate surface area is 216 Å². The lowest BCUT2D eigenvalue weighted by Gasteiger charge is -2.32. The van der Waals surface area contributed by atoms with Crippen LogP contribution in [0.5, 0.6) is 5.75 Å². The lowest BCUT2D eigenvalue weighted by molar-refractivity contribution is -0.127. The largest absolute Gasteiger partial charge is 0.497 e. The summed E-state index contributed by atoms with van der Waals surface area (Å²) < 4.78 is 7.20. The first-order valence-corrected chi connectivity index (χ1v) is 13.2. The molecule has 0 aliphatic heterocycles. The number of carbonyl (C=O) groups is 2. The van der Waals surface area contributed by atoms with E-state index in [0.29, 0.717) is 35.4 Å². The first-order chi connectivity index (χ1) is 17.2. The predicted molar refractivity (Wildman–Crippen MR) is 139 cm³/mol. The van der Waals surface area contributed by atoms with E-state index in [1.165, 1.54) is 11.8 Å². The van der Waals surface area contributed by atoms with Crippen LogP contribution in [0.15, 0.2) is 59.8 Å². The number of fused-ring (bicyclic) bond motifs is 2. The minimum absolute atomic E-state index is 0.0266. The second-order valence-corrected chi connectivity index (χ2v) is 11.6. The maximum atomic E-state index is 13.5. The molecule has 2 fully saturated rings. The number of hydrogen-bond donors (Lipinski definition) is 1. The van der Waals surface area contributed by atoms with Crippen LogP contribution in [0.1, 0.15) is 55.4 Å². The third-order valence-corrected chi connectivity index (χ3v) is 9.75. The highest BCUT2D eigenvalue weighted by Gasteiger charge is 2.66. The molecule has 2 aliphatic rings. The van der Waals surface area contributed by atoms with Gasteiger partial charge in [0.25, 0.3) is 5.91 Å². The molecule has 2 saturated carbocycles. The molecule has 5 rings (SSSR count). The molecule has 7 nitrogen and oxygen atoms in total. The van der Waals surface area contributed by atoms with Crippen LogP contribution in [-0.4, -0.2) is 38.8 Å². The maximum Gasteiger partial charge on any atom is 0.251 e. The second kappa shape index (κ2) is 9.39. The first-order valence-electron chi connectivity index (χ1n) is 12.3. The Morgan fingerprint density at radius 1 is 1.11 bits per heavy atom. The molecule has 3 atom stereocenters. The standard InChI is InChI=1S/C28H32N4O3S/c1-27(2)21-14-15-28(27,3)24(33)23(21)36-26-31-30-22(32(26)17-18-8-6-5-7-9-18)16-29-25(34)19-10-12-20(35-4)13-11-19/h5-13,21,23H,14-17H2,1-4H3,(H,29,34). The minimum atomic E-state index is -0.283. The number of ether oxygens (including phenoxy) is 1. The molecule has 8 heteroatoms. The number of hydrogen-bond acceptors (Lipinski definition) is 6. The number of thioether (sulfide) groups is 1. The Morgan fingerprint density at radius 3 is 2.47 bits per heavy atom. The second-order valence-electron chi connectivity index (χ2n) is 10.5. The summed E-state index contributed by atoms with van der Waals surface area (Å²) in [4.78, 5) is 26.2. The summed E-state index contributed by atoms with van der Waals surface area (Å²) in [5.41, 5.74) is 1.34. The quantitative estimate of drug-likeness (QED) is 0.476. The average Bonchev–Trinajstić information content (AvgIpc) is 3.41. The van der Waals surface area contributed by atoms with Crippen LogP contribution >= 0.6 is 11.8 Å². The molecule has 2 aromatic carbocycles. The Morgan fingerprint density at radius 2 is 1.83 bits per heavy atom. The smallest absolute Gasteiger partial charge is 0.251 e. The number of nitrogens with one attached hydrogen (secondary N) is 1. The third-order valence-electron chi connectivity index (χ3n) is 8.44.